The number of benzene rings is 2. The van der Waals surface area contributed by atoms with Crippen LogP contribution < -0.4 is 0 Å². The van der Waals surface area contributed by atoms with Crippen LogP contribution in [0.3, 0.4) is 0 Å². The zero-order valence-corrected chi connectivity index (χ0v) is 12.3. The van der Waals surface area contributed by atoms with Gasteiger partial charge in [0.1, 0.15) is 0 Å². The molecular weight excluding hydrogens is 262 g/mol. The lowest BCUT2D eigenvalue weighted by Crippen LogP contribution is -2.20. The number of nitrogens with zero attached hydrogens (tertiary/aromatic N) is 1. The minimum Gasteiger partial charge on any atom is -0.471 e. The molecular formula is C18H19NO2. The monoisotopic (exact) mass is 281 g/mol. The van der Waals surface area contributed by atoms with Gasteiger partial charge in [0.25, 0.3) is 0 Å². The summed E-state index contributed by atoms with van der Waals surface area (Å²) in [6, 6.07) is 16.9. The quantitative estimate of drug-likeness (QED) is 0.513. The molecule has 3 heteroatoms. The second-order valence-electron chi connectivity index (χ2n) is 4.92. The van der Waals surface area contributed by atoms with Gasteiger partial charge in [-0.3, -0.25) is 0 Å². The number of fused-ring (bicyclic) bond motifs is 3. The van der Waals surface area contributed by atoms with Gasteiger partial charge in [-0.15, -0.1) is 0 Å². The van der Waals surface area contributed by atoms with E-state index in [-0.39, 0.29) is 6.29 Å². The molecule has 3 rings (SSSR count). The van der Waals surface area contributed by atoms with Gasteiger partial charge in [-0.25, -0.2) is 0 Å². The Kier molecular flexibility index (Phi) is 3.93. The van der Waals surface area contributed by atoms with Crippen LogP contribution in [0.2, 0.25) is 0 Å². The zero-order valence-electron chi connectivity index (χ0n) is 12.3. The lowest BCUT2D eigenvalue weighted by Gasteiger charge is -2.17. The predicted molar refractivity (Wildman–Crippen MR) is 86.1 cm³/mol. The van der Waals surface area contributed by atoms with Crippen LogP contribution in [0.1, 0.15) is 6.92 Å². The van der Waals surface area contributed by atoms with Gasteiger partial charge in [-0.2, -0.15) is 0 Å². The third kappa shape index (κ3) is 2.52. The number of aromatic nitrogens is 1. The molecule has 0 N–H and O–H groups in total. The van der Waals surface area contributed by atoms with Crippen LogP contribution >= 0.6 is 0 Å². The summed E-state index contributed by atoms with van der Waals surface area (Å²) in [4.78, 5) is 0. The molecule has 1 heterocycles. The van der Waals surface area contributed by atoms with Crippen molar-refractivity contribution >= 4 is 21.8 Å². The van der Waals surface area contributed by atoms with Crippen molar-refractivity contribution in [3.05, 3.63) is 60.9 Å². The van der Waals surface area contributed by atoms with Crippen molar-refractivity contribution in [1.82, 2.24) is 4.57 Å². The van der Waals surface area contributed by atoms with E-state index in [1.807, 2.05) is 13.0 Å². The third-order valence-electron chi connectivity index (χ3n) is 3.64. The minimum atomic E-state index is -0.305. The smallest absolute Gasteiger partial charge is 0.216 e. The van der Waals surface area contributed by atoms with E-state index in [1.165, 1.54) is 21.8 Å². The Balaban J connectivity index is 2.10. The Hall–Kier alpha value is -2.26. The largest absolute Gasteiger partial charge is 0.471 e. The molecule has 108 valence electrons. The van der Waals surface area contributed by atoms with E-state index in [2.05, 4.69) is 53.1 Å². The first-order valence-electron chi connectivity index (χ1n) is 7.10. The van der Waals surface area contributed by atoms with E-state index in [1.54, 1.807) is 13.4 Å². The summed E-state index contributed by atoms with van der Waals surface area (Å²) in [7, 11) is 1.67. The summed E-state index contributed by atoms with van der Waals surface area (Å²) in [5.74, 6) is 0. The highest BCUT2D eigenvalue weighted by molar-refractivity contribution is 6.07. The number of ether oxygens (including phenoxy) is 2. The van der Waals surface area contributed by atoms with Crippen LogP contribution in [0, 0.1) is 0 Å². The lowest BCUT2D eigenvalue weighted by atomic mass is 10.2. The molecule has 0 fully saturated rings. The average molecular weight is 281 g/mol. The summed E-state index contributed by atoms with van der Waals surface area (Å²) in [5, 5.41) is 2.52. The number of hydrogen-bond donors (Lipinski definition) is 0. The molecule has 0 aliphatic rings. The van der Waals surface area contributed by atoms with E-state index in [4.69, 9.17) is 9.47 Å². The summed E-state index contributed by atoms with van der Waals surface area (Å²) in [6.45, 7) is 2.57. The summed E-state index contributed by atoms with van der Waals surface area (Å²) < 4.78 is 13.3. The highest BCUT2D eigenvalue weighted by Gasteiger charge is 2.14. The number of rotatable bonds is 5. The number of hydrogen-bond acceptors (Lipinski definition) is 2. The summed E-state index contributed by atoms with van der Waals surface area (Å²) >= 11 is 0. The Labute approximate surface area is 124 Å². The van der Waals surface area contributed by atoms with Gasteiger partial charge < -0.3 is 14.0 Å². The van der Waals surface area contributed by atoms with Gasteiger partial charge in [-0.05, 0) is 19.1 Å². The van der Waals surface area contributed by atoms with Gasteiger partial charge >= 0.3 is 0 Å². The standard InChI is InChI=1S/C18H19NO2/c1-3-12-21-18(20-2)13-19-16-10-6-4-8-14(16)15-9-5-7-11-17(15)19/h3-12,18H,13H2,1-2H3/t18-/m0/s1. The summed E-state index contributed by atoms with van der Waals surface area (Å²) in [5.41, 5.74) is 2.40. The molecule has 21 heavy (non-hydrogen) atoms. The molecule has 0 aliphatic carbocycles. The van der Waals surface area contributed by atoms with Crippen LogP contribution in [0.25, 0.3) is 21.8 Å². The van der Waals surface area contributed by atoms with Crippen molar-refractivity contribution in [1.29, 1.82) is 0 Å². The van der Waals surface area contributed by atoms with Crippen molar-refractivity contribution in [3.63, 3.8) is 0 Å². The van der Waals surface area contributed by atoms with E-state index in [0.29, 0.717) is 6.54 Å². The number of allylic oxidation sites excluding steroid dienone is 1. The molecule has 0 saturated heterocycles. The van der Waals surface area contributed by atoms with E-state index in [9.17, 15) is 0 Å². The number of methoxy groups -OCH3 is 1. The maximum atomic E-state index is 5.59. The Bertz CT molecular complexity index is 720. The first-order valence-corrected chi connectivity index (χ1v) is 7.10. The van der Waals surface area contributed by atoms with Crippen molar-refractivity contribution in [2.75, 3.05) is 7.11 Å². The molecule has 0 amide bonds. The Morgan fingerprint density at radius 3 is 2.10 bits per heavy atom. The molecule has 1 atom stereocenters. The van der Waals surface area contributed by atoms with Crippen molar-refractivity contribution in [3.8, 4) is 0 Å². The number of para-hydroxylation sites is 2. The lowest BCUT2D eigenvalue weighted by molar-refractivity contribution is -0.0906. The minimum absolute atomic E-state index is 0.305. The predicted octanol–water partition coefficient (Wildman–Crippen LogP) is 4.32. The first kappa shape index (κ1) is 13.7. The SMILES string of the molecule is CC=CO[C@@H](Cn1c2ccccc2c2ccccc21)OC. The van der Waals surface area contributed by atoms with Gasteiger partial charge in [0.2, 0.25) is 6.29 Å². The van der Waals surface area contributed by atoms with Gasteiger partial charge in [0.05, 0.1) is 12.8 Å². The molecule has 1 aromatic heterocycles. The second kappa shape index (κ2) is 6.02. The zero-order chi connectivity index (χ0) is 14.7. The van der Waals surface area contributed by atoms with Crippen LogP contribution in [0.5, 0.6) is 0 Å². The fraction of sp³-hybridized carbons (Fsp3) is 0.222. The van der Waals surface area contributed by atoms with Crippen molar-refractivity contribution in [2.24, 2.45) is 0 Å². The van der Waals surface area contributed by atoms with E-state index in [0.717, 1.165) is 0 Å². The highest BCUT2D eigenvalue weighted by atomic mass is 16.7. The van der Waals surface area contributed by atoms with Crippen molar-refractivity contribution < 1.29 is 9.47 Å². The van der Waals surface area contributed by atoms with E-state index >= 15 is 0 Å². The van der Waals surface area contributed by atoms with Crippen molar-refractivity contribution in [2.45, 2.75) is 19.8 Å². The van der Waals surface area contributed by atoms with Crippen LogP contribution in [-0.2, 0) is 16.0 Å². The van der Waals surface area contributed by atoms with E-state index < -0.39 is 0 Å². The molecule has 0 bridgehead atoms. The maximum absolute atomic E-state index is 5.59. The third-order valence-corrected chi connectivity index (χ3v) is 3.64. The Morgan fingerprint density at radius 2 is 1.57 bits per heavy atom. The van der Waals surface area contributed by atoms with Crippen LogP contribution in [0.4, 0.5) is 0 Å². The molecule has 3 aromatic rings. The van der Waals surface area contributed by atoms with Gasteiger partial charge in [0.15, 0.2) is 0 Å². The van der Waals surface area contributed by atoms with Crippen LogP contribution in [-0.4, -0.2) is 18.0 Å². The normalized spacial score (nSPS) is 13.2. The Morgan fingerprint density at radius 1 is 1.00 bits per heavy atom. The molecule has 0 spiro atoms. The maximum Gasteiger partial charge on any atom is 0.216 e. The van der Waals surface area contributed by atoms with Gasteiger partial charge in [0, 0.05) is 28.9 Å². The fourth-order valence-electron chi connectivity index (χ4n) is 2.69. The second-order valence-corrected chi connectivity index (χ2v) is 4.92. The molecule has 3 nitrogen and oxygen atoms in total. The average Bonchev–Trinajstić information content (AvgIpc) is 2.86. The highest BCUT2D eigenvalue weighted by Crippen LogP contribution is 2.29. The fourth-order valence-corrected chi connectivity index (χ4v) is 2.69. The molecule has 2 aromatic carbocycles. The topological polar surface area (TPSA) is 23.4 Å². The molecule has 0 radical (unpaired) electrons. The molecule has 0 saturated carbocycles. The van der Waals surface area contributed by atoms with Crippen LogP contribution in [0.15, 0.2) is 60.9 Å². The van der Waals surface area contributed by atoms with Gasteiger partial charge in [-0.1, -0.05) is 42.5 Å². The summed E-state index contributed by atoms with van der Waals surface area (Å²) in [6.07, 6.45) is 3.22. The first-order chi connectivity index (χ1) is 10.3. The molecule has 0 unspecified atom stereocenters. The molecule has 0 aliphatic heterocycles.